The number of carbonyl (C=O) groups excluding carboxylic acids is 2. The van der Waals surface area contributed by atoms with Crippen molar-refractivity contribution >= 4 is 38.7 Å². The molecule has 5 nitrogen and oxygen atoms in total. The summed E-state index contributed by atoms with van der Waals surface area (Å²) < 4.78 is 87.0. The number of hydrogen-bond acceptors (Lipinski definition) is 4. The number of pyridine rings is 1. The molecule has 4 aromatic rings. The van der Waals surface area contributed by atoms with Gasteiger partial charge in [0.15, 0.2) is 0 Å². The Morgan fingerprint density at radius 2 is 1.59 bits per heavy atom. The van der Waals surface area contributed by atoms with Crippen LogP contribution in [0.4, 0.5) is 29.5 Å². The number of halogens is 6. The molecule has 194 valence electrons. The lowest BCUT2D eigenvalue weighted by Crippen LogP contribution is -2.17. The van der Waals surface area contributed by atoms with E-state index >= 15 is 0 Å². The number of aromatic nitrogens is 1. The highest BCUT2D eigenvalue weighted by atomic mass is 32.5. The maximum atomic E-state index is 14.6. The van der Waals surface area contributed by atoms with E-state index in [1.165, 1.54) is 13.0 Å². The largest absolute Gasteiger partial charge is 0.465 e. The van der Waals surface area contributed by atoms with Crippen molar-refractivity contribution in [2.24, 2.45) is 0 Å². The predicted octanol–water partition coefficient (Wildman–Crippen LogP) is 8.05. The number of carbonyl (C=O) groups is 2. The molecule has 37 heavy (non-hydrogen) atoms. The van der Waals surface area contributed by atoms with Crippen LogP contribution in [-0.4, -0.2) is 24.0 Å². The highest BCUT2D eigenvalue weighted by molar-refractivity contribution is 8.45. The zero-order valence-corrected chi connectivity index (χ0v) is 20.0. The summed E-state index contributed by atoms with van der Waals surface area (Å²) in [5.74, 6) is -2.92. The first kappa shape index (κ1) is 26.0. The number of nitrogens with one attached hydrogen (secondary N) is 1. The zero-order valence-electron chi connectivity index (χ0n) is 19.2. The Balaban J connectivity index is 1.92. The van der Waals surface area contributed by atoms with Gasteiger partial charge in [-0.3, -0.25) is 4.79 Å². The summed E-state index contributed by atoms with van der Waals surface area (Å²) >= 11 is 0. The third kappa shape index (κ3) is 5.24. The molecule has 0 saturated carbocycles. The standard InChI is InChI=1S/C25H18F6N2O3S/c1-14-22(24(34)33-21-10-8-16(12-19(21)26)25(35)36-2)18-13-17(37(27,28,29,30)31)9-11-20(18)32-23(14)15-6-4-3-5-7-15/h3-13H,1-2H3,(H,33,34). The van der Waals surface area contributed by atoms with Crippen molar-refractivity contribution in [3.8, 4) is 11.3 Å². The minimum absolute atomic E-state index is 0.0853. The van der Waals surface area contributed by atoms with E-state index in [9.17, 15) is 33.4 Å². The van der Waals surface area contributed by atoms with Gasteiger partial charge in [0.1, 0.15) is 10.7 Å². The van der Waals surface area contributed by atoms with Crippen LogP contribution in [0.1, 0.15) is 26.3 Å². The molecule has 0 aliphatic rings. The monoisotopic (exact) mass is 540 g/mol. The predicted molar refractivity (Wildman–Crippen MR) is 129 cm³/mol. The van der Waals surface area contributed by atoms with Crippen LogP contribution in [0.5, 0.6) is 0 Å². The van der Waals surface area contributed by atoms with Crippen molar-refractivity contribution in [2.75, 3.05) is 12.4 Å². The number of benzene rings is 3. The molecule has 0 atom stereocenters. The maximum absolute atomic E-state index is 14.6. The Morgan fingerprint density at radius 3 is 2.19 bits per heavy atom. The topological polar surface area (TPSA) is 68.3 Å². The van der Waals surface area contributed by atoms with Gasteiger partial charge in [-0.1, -0.05) is 49.8 Å². The maximum Gasteiger partial charge on any atom is 0.337 e. The molecule has 12 heteroatoms. The van der Waals surface area contributed by atoms with Crippen LogP contribution >= 0.6 is 10.2 Å². The molecule has 3 aromatic carbocycles. The lowest BCUT2D eigenvalue weighted by atomic mass is 9.97. The first-order valence-electron chi connectivity index (χ1n) is 10.5. The highest BCUT2D eigenvalue weighted by Crippen LogP contribution is 3.02. The Hall–Kier alpha value is -4.06. The Morgan fingerprint density at radius 1 is 0.919 bits per heavy atom. The number of hydrogen-bond donors (Lipinski definition) is 1. The molecule has 0 aliphatic heterocycles. The van der Waals surface area contributed by atoms with E-state index in [4.69, 9.17) is 0 Å². The second-order valence-electron chi connectivity index (χ2n) is 8.11. The van der Waals surface area contributed by atoms with Crippen LogP contribution in [0.25, 0.3) is 22.2 Å². The lowest BCUT2D eigenvalue weighted by molar-refractivity contribution is 0.0600. The molecule has 0 aliphatic carbocycles. The number of ether oxygens (including phenoxy) is 1. The first-order chi connectivity index (χ1) is 17.1. The summed E-state index contributed by atoms with van der Waals surface area (Å²) in [5.41, 5.74) is -0.267. The van der Waals surface area contributed by atoms with Gasteiger partial charge in [-0.05, 0) is 48.9 Å². The van der Waals surface area contributed by atoms with Crippen molar-refractivity contribution in [2.45, 2.75) is 11.8 Å². The molecular weight excluding hydrogens is 522 g/mol. The van der Waals surface area contributed by atoms with Gasteiger partial charge in [-0.2, -0.15) is 0 Å². The minimum Gasteiger partial charge on any atom is -0.465 e. The second-order valence-corrected chi connectivity index (χ2v) is 10.5. The summed E-state index contributed by atoms with van der Waals surface area (Å²) in [6, 6.07) is 12.6. The minimum atomic E-state index is -10.1. The van der Waals surface area contributed by atoms with Crippen molar-refractivity contribution in [1.29, 1.82) is 0 Å². The summed E-state index contributed by atoms with van der Waals surface area (Å²) in [4.78, 5) is 27.1. The number of esters is 1. The van der Waals surface area contributed by atoms with Crippen LogP contribution in [0.15, 0.2) is 71.6 Å². The number of methoxy groups -OCH3 is 1. The third-order valence-electron chi connectivity index (χ3n) is 5.56. The van der Waals surface area contributed by atoms with Gasteiger partial charge in [0.25, 0.3) is 5.91 Å². The van der Waals surface area contributed by atoms with E-state index in [1.54, 1.807) is 30.3 Å². The van der Waals surface area contributed by atoms with Gasteiger partial charge >= 0.3 is 16.2 Å². The second kappa shape index (κ2) is 8.23. The van der Waals surface area contributed by atoms with Crippen molar-refractivity contribution < 1.29 is 38.1 Å². The lowest BCUT2D eigenvalue weighted by Gasteiger charge is -2.40. The number of amides is 1. The molecular formula is C25H18F6N2O3S. The van der Waals surface area contributed by atoms with Gasteiger partial charge in [0.2, 0.25) is 0 Å². The molecule has 0 bridgehead atoms. The molecule has 1 aromatic heterocycles. The van der Waals surface area contributed by atoms with Crippen molar-refractivity contribution in [3.63, 3.8) is 0 Å². The fourth-order valence-corrected chi connectivity index (χ4v) is 4.46. The van der Waals surface area contributed by atoms with Crippen LogP contribution in [0.3, 0.4) is 0 Å². The molecule has 0 saturated heterocycles. The van der Waals surface area contributed by atoms with Crippen LogP contribution in [0.2, 0.25) is 0 Å². The summed E-state index contributed by atoms with van der Waals surface area (Å²) in [6.07, 6.45) is 0. The van der Waals surface area contributed by atoms with Gasteiger partial charge in [0.05, 0.1) is 35.1 Å². The number of fused-ring (bicyclic) bond motifs is 1. The smallest absolute Gasteiger partial charge is 0.337 e. The molecule has 1 amide bonds. The quantitative estimate of drug-likeness (QED) is 0.205. The van der Waals surface area contributed by atoms with Crippen LogP contribution in [-0.2, 0) is 4.74 Å². The Kier molecular flexibility index (Phi) is 5.79. The summed E-state index contributed by atoms with van der Waals surface area (Å²) in [5, 5.41) is 1.75. The van der Waals surface area contributed by atoms with Crippen LogP contribution in [0, 0.1) is 12.7 Å². The van der Waals surface area contributed by atoms with Crippen molar-refractivity contribution in [1.82, 2.24) is 4.98 Å². The van der Waals surface area contributed by atoms with E-state index < -0.39 is 49.5 Å². The Labute approximate surface area is 206 Å². The molecule has 0 fully saturated rings. The van der Waals surface area contributed by atoms with E-state index in [1.807, 2.05) is 0 Å². The Bertz CT molecular complexity index is 1580. The molecule has 0 radical (unpaired) electrons. The zero-order chi connectivity index (χ0) is 27.2. The number of nitrogens with zero attached hydrogens (tertiary/aromatic N) is 1. The summed E-state index contributed by atoms with van der Waals surface area (Å²) in [7, 11) is -9.00. The number of rotatable bonds is 5. The average Bonchev–Trinajstić information content (AvgIpc) is 2.83. The molecule has 4 rings (SSSR count). The van der Waals surface area contributed by atoms with Gasteiger partial charge in [-0.25, -0.2) is 14.2 Å². The fourth-order valence-electron chi connectivity index (χ4n) is 3.79. The van der Waals surface area contributed by atoms with E-state index in [-0.39, 0.29) is 34.5 Å². The highest BCUT2D eigenvalue weighted by Gasteiger charge is 2.65. The van der Waals surface area contributed by atoms with Crippen molar-refractivity contribution in [3.05, 3.63) is 89.2 Å². The van der Waals surface area contributed by atoms with E-state index in [0.717, 1.165) is 25.3 Å². The van der Waals surface area contributed by atoms with Gasteiger partial charge in [0, 0.05) is 10.9 Å². The fraction of sp³-hybridized carbons (Fsp3) is 0.0800. The molecule has 0 unspecified atom stereocenters. The number of anilines is 1. The van der Waals surface area contributed by atoms with E-state index in [0.29, 0.717) is 5.56 Å². The molecule has 1 heterocycles. The first-order valence-corrected chi connectivity index (χ1v) is 12.5. The van der Waals surface area contributed by atoms with E-state index in [2.05, 4.69) is 15.0 Å². The van der Waals surface area contributed by atoms with Gasteiger partial charge in [-0.15, -0.1) is 0 Å². The van der Waals surface area contributed by atoms with Gasteiger partial charge < -0.3 is 10.1 Å². The average molecular weight is 540 g/mol. The molecule has 1 N–H and O–H groups in total. The summed E-state index contributed by atoms with van der Waals surface area (Å²) in [6.45, 7) is 1.40. The molecule has 0 spiro atoms. The normalized spacial score (nSPS) is 13.5. The third-order valence-corrected chi connectivity index (χ3v) is 6.70. The SMILES string of the molecule is COC(=O)c1ccc(NC(=O)c2c(C)c(-c3ccccc3)nc3ccc(S(F)(F)(F)(F)F)cc23)c(F)c1. The van der Waals surface area contributed by atoms with Crippen LogP contribution < -0.4 is 5.32 Å².